The monoisotopic (exact) mass is 286 g/mol. The molecule has 116 valence electrons. The molecule has 0 fully saturated rings. The Morgan fingerprint density at radius 3 is 2.14 bits per heavy atom. The molecule has 2 nitrogen and oxygen atoms in total. The average molecular weight is 286 g/mol. The van der Waals surface area contributed by atoms with Crippen molar-refractivity contribution in [3.63, 3.8) is 0 Å². The molecule has 1 unspecified atom stereocenters. The van der Waals surface area contributed by atoms with Crippen molar-refractivity contribution in [3.05, 3.63) is 47.7 Å². The van der Waals surface area contributed by atoms with Gasteiger partial charge in [0.1, 0.15) is 0 Å². The van der Waals surface area contributed by atoms with Crippen LogP contribution in [0.3, 0.4) is 0 Å². The van der Waals surface area contributed by atoms with Gasteiger partial charge in [-0.05, 0) is 30.0 Å². The van der Waals surface area contributed by atoms with Gasteiger partial charge in [0.05, 0.1) is 6.04 Å². The van der Waals surface area contributed by atoms with E-state index in [0.717, 1.165) is 0 Å². The highest BCUT2D eigenvalue weighted by molar-refractivity contribution is 5.28. The number of rotatable bonds is 10. The lowest BCUT2D eigenvalue weighted by molar-refractivity contribution is 0.575. The fourth-order valence-electron chi connectivity index (χ4n) is 2.88. The summed E-state index contributed by atoms with van der Waals surface area (Å²) in [5, 5.41) is 0. The molecule has 21 heavy (non-hydrogen) atoms. The summed E-state index contributed by atoms with van der Waals surface area (Å²) in [7, 11) is 0. The molecule has 1 heterocycles. The van der Waals surface area contributed by atoms with Crippen LogP contribution in [0, 0.1) is 0 Å². The van der Waals surface area contributed by atoms with E-state index in [1.807, 2.05) is 6.20 Å². The van der Waals surface area contributed by atoms with Crippen LogP contribution in [0.25, 0.3) is 0 Å². The summed E-state index contributed by atoms with van der Waals surface area (Å²) >= 11 is 0. The minimum Gasteiger partial charge on any atom is -0.328 e. The molecule has 1 aromatic carbocycles. The summed E-state index contributed by atoms with van der Waals surface area (Å²) in [6, 6.07) is 9.38. The van der Waals surface area contributed by atoms with Crippen molar-refractivity contribution in [1.82, 2.24) is 10.9 Å². The van der Waals surface area contributed by atoms with E-state index < -0.39 is 0 Å². The lowest BCUT2D eigenvalue weighted by atomic mass is 10.0. The van der Waals surface area contributed by atoms with Crippen LogP contribution in [-0.2, 0) is 6.42 Å². The predicted octanol–water partition coefficient (Wildman–Crippen LogP) is 5.03. The van der Waals surface area contributed by atoms with Gasteiger partial charge in [0.2, 0.25) is 0 Å². The molecular formula is C19H30N2. The number of hydrogen-bond donors (Lipinski definition) is 2. The highest BCUT2D eigenvalue weighted by Gasteiger charge is 2.09. The quantitative estimate of drug-likeness (QED) is 0.589. The van der Waals surface area contributed by atoms with Gasteiger partial charge in [-0.2, -0.15) is 0 Å². The molecule has 0 spiro atoms. The lowest BCUT2D eigenvalue weighted by Gasteiger charge is -2.10. The molecule has 0 saturated carbocycles. The van der Waals surface area contributed by atoms with Gasteiger partial charge in [-0.1, -0.05) is 76.1 Å². The zero-order chi connectivity index (χ0) is 14.8. The molecule has 1 aliphatic rings. The van der Waals surface area contributed by atoms with Crippen LogP contribution in [0.15, 0.2) is 36.5 Å². The normalized spacial score (nSPS) is 17.1. The van der Waals surface area contributed by atoms with E-state index in [0.29, 0.717) is 6.04 Å². The standard InChI is InChI=1S/C19H30N2/c1-2-3-4-5-6-7-8-9-10-17-11-13-18(14-12-17)19-15-16-20-21-19/h11-16,19-21H,2-10H2,1H3. The Hall–Kier alpha value is -1.28. The summed E-state index contributed by atoms with van der Waals surface area (Å²) in [6.07, 6.45) is 16.5. The first-order chi connectivity index (χ1) is 10.4. The van der Waals surface area contributed by atoms with E-state index in [4.69, 9.17) is 0 Å². The Morgan fingerprint density at radius 1 is 0.857 bits per heavy atom. The van der Waals surface area contributed by atoms with Gasteiger partial charge in [-0.3, -0.25) is 0 Å². The van der Waals surface area contributed by atoms with Gasteiger partial charge in [0, 0.05) is 6.20 Å². The van der Waals surface area contributed by atoms with Crippen LogP contribution in [0.1, 0.15) is 75.5 Å². The highest BCUT2D eigenvalue weighted by atomic mass is 15.4. The number of nitrogens with one attached hydrogen (secondary N) is 2. The predicted molar refractivity (Wildman–Crippen MR) is 90.9 cm³/mol. The number of hydrazine groups is 1. The van der Waals surface area contributed by atoms with Crippen molar-refractivity contribution in [2.24, 2.45) is 0 Å². The zero-order valence-electron chi connectivity index (χ0n) is 13.4. The fourth-order valence-corrected chi connectivity index (χ4v) is 2.88. The summed E-state index contributed by atoms with van der Waals surface area (Å²) in [6.45, 7) is 2.28. The second-order valence-electron chi connectivity index (χ2n) is 6.09. The van der Waals surface area contributed by atoms with Gasteiger partial charge in [0.15, 0.2) is 0 Å². The second-order valence-corrected chi connectivity index (χ2v) is 6.09. The second kappa shape index (κ2) is 9.62. The van der Waals surface area contributed by atoms with Gasteiger partial charge >= 0.3 is 0 Å². The number of unbranched alkanes of at least 4 members (excludes halogenated alkanes) is 7. The number of hydrogen-bond acceptors (Lipinski definition) is 2. The Morgan fingerprint density at radius 2 is 1.52 bits per heavy atom. The third-order valence-electron chi connectivity index (χ3n) is 4.27. The molecule has 1 aromatic rings. The number of benzene rings is 1. The molecule has 2 rings (SSSR count). The van der Waals surface area contributed by atoms with Crippen LogP contribution < -0.4 is 10.9 Å². The van der Waals surface area contributed by atoms with Crippen LogP contribution in [0.2, 0.25) is 0 Å². The van der Waals surface area contributed by atoms with Crippen molar-refractivity contribution in [3.8, 4) is 0 Å². The van der Waals surface area contributed by atoms with Crippen LogP contribution in [0.5, 0.6) is 0 Å². The molecule has 2 N–H and O–H groups in total. The zero-order valence-corrected chi connectivity index (χ0v) is 13.4. The molecule has 0 radical (unpaired) electrons. The minimum atomic E-state index is 0.321. The van der Waals surface area contributed by atoms with E-state index in [1.54, 1.807) is 0 Å². The summed E-state index contributed by atoms with van der Waals surface area (Å²) in [4.78, 5) is 0. The van der Waals surface area contributed by atoms with Gasteiger partial charge in [-0.15, -0.1) is 0 Å². The lowest BCUT2D eigenvalue weighted by Crippen LogP contribution is -2.24. The Bertz CT molecular complexity index is 408. The smallest absolute Gasteiger partial charge is 0.0707 e. The van der Waals surface area contributed by atoms with E-state index >= 15 is 0 Å². The largest absolute Gasteiger partial charge is 0.328 e. The van der Waals surface area contributed by atoms with E-state index in [1.165, 1.54) is 68.9 Å². The number of aryl methyl sites for hydroxylation is 1. The Kier molecular flexibility index (Phi) is 7.37. The molecule has 0 aliphatic carbocycles. The van der Waals surface area contributed by atoms with Crippen LogP contribution in [0.4, 0.5) is 0 Å². The molecule has 2 heteroatoms. The third kappa shape index (κ3) is 5.92. The van der Waals surface area contributed by atoms with Crippen molar-refractivity contribution >= 4 is 0 Å². The van der Waals surface area contributed by atoms with Gasteiger partial charge < -0.3 is 5.43 Å². The highest BCUT2D eigenvalue weighted by Crippen LogP contribution is 2.18. The van der Waals surface area contributed by atoms with Crippen LogP contribution in [-0.4, -0.2) is 0 Å². The first-order valence-corrected chi connectivity index (χ1v) is 8.66. The van der Waals surface area contributed by atoms with Crippen molar-refractivity contribution in [2.45, 2.75) is 70.8 Å². The molecule has 0 bridgehead atoms. The Labute approximate surface area is 130 Å². The molecule has 1 atom stereocenters. The third-order valence-corrected chi connectivity index (χ3v) is 4.27. The van der Waals surface area contributed by atoms with E-state index in [2.05, 4.69) is 48.1 Å². The first-order valence-electron chi connectivity index (χ1n) is 8.66. The molecule has 0 amide bonds. The maximum atomic E-state index is 3.21. The molecule has 0 saturated heterocycles. The molecule has 0 aromatic heterocycles. The van der Waals surface area contributed by atoms with Crippen molar-refractivity contribution in [2.75, 3.05) is 0 Å². The van der Waals surface area contributed by atoms with E-state index in [-0.39, 0.29) is 0 Å². The summed E-state index contributed by atoms with van der Waals surface area (Å²) in [5.74, 6) is 0. The minimum absolute atomic E-state index is 0.321. The van der Waals surface area contributed by atoms with Gasteiger partial charge in [0.25, 0.3) is 0 Å². The van der Waals surface area contributed by atoms with Gasteiger partial charge in [-0.25, -0.2) is 5.43 Å². The maximum absolute atomic E-state index is 3.21. The Balaban J connectivity index is 1.57. The van der Waals surface area contributed by atoms with Crippen LogP contribution >= 0.6 is 0 Å². The molecular weight excluding hydrogens is 256 g/mol. The average Bonchev–Trinajstić information content (AvgIpc) is 3.05. The topological polar surface area (TPSA) is 24.1 Å². The summed E-state index contributed by atoms with van der Waals surface area (Å²) < 4.78 is 0. The first kappa shape index (κ1) is 16.1. The SMILES string of the molecule is CCCCCCCCCCc1ccc(C2C=CNN2)cc1. The fraction of sp³-hybridized carbons (Fsp3) is 0.579. The molecule has 1 aliphatic heterocycles. The summed E-state index contributed by atoms with van der Waals surface area (Å²) in [5.41, 5.74) is 9.03. The van der Waals surface area contributed by atoms with Crippen molar-refractivity contribution < 1.29 is 0 Å². The maximum Gasteiger partial charge on any atom is 0.0707 e. The van der Waals surface area contributed by atoms with E-state index in [9.17, 15) is 0 Å². The van der Waals surface area contributed by atoms with Crippen molar-refractivity contribution in [1.29, 1.82) is 0 Å².